The number of hydrogen-bond acceptors (Lipinski definition) is 2. The number of fused-ring (bicyclic) bond motifs is 1. The van der Waals surface area contributed by atoms with Crippen LogP contribution in [0.5, 0.6) is 0 Å². The number of rotatable bonds is 3. The number of nitrogens with zero attached hydrogens (tertiary/aromatic N) is 1. The molecular formula is C16H21NO. The zero-order valence-electron chi connectivity index (χ0n) is 10.9. The summed E-state index contributed by atoms with van der Waals surface area (Å²) in [5.74, 6) is 0.618. The van der Waals surface area contributed by atoms with Crippen LogP contribution in [-0.4, -0.2) is 30.3 Å². The molecule has 0 bridgehead atoms. The normalized spacial score (nSPS) is 24.2. The molecule has 3 rings (SSSR count). The highest BCUT2D eigenvalue weighted by Crippen LogP contribution is 2.28. The highest BCUT2D eigenvalue weighted by atomic mass is 16.1. The Morgan fingerprint density at radius 2 is 1.89 bits per heavy atom. The maximum Gasteiger partial charge on any atom is 0.166 e. The molecule has 0 spiro atoms. The summed E-state index contributed by atoms with van der Waals surface area (Å²) in [5.41, 5.74) is 2.23. The van der Waals surface area contributed by atoms with Crippen molar-refractivity contribution in [3.8, 4) is 0 Å². The molecule has 0 unspecified atom stereocenters. The van der Waals surface area contributed by atoms with Crippen molar-refractivity contribution in [3.63, 3.8) is 0 Å². The van der Waals surface area contributed by atoms with Crippen LogP contribution in [0, 0.1) is 5.92 Å². The molecule has 0 N–H and O–H groups in total. The number of Topliss-reactive ketones (excluding diaryl/α,β-unsaturated/α-hetero) is 1. The Balaban J connectivity index is 1.57. The first-order chi connectivity index (χ1) is 8.84. The lowest BCUT2D eigenvalue weighted by atomic mass is 10.00. The molecule has 1 atom stereocenters. The standard InChI is InChI=1S/C16H21NO/c18-16-14(8-11-17-9-4-1-5-10-17)12-13-6-2-3-7-15(13)16/h2-3,6-7,14H,1,4-5,8-12H2/t14-/m0/s1. The van der Waals surface area contributed by atoms with Gasteiger partial charge in [-0.05, 0) is 50.9 Å². The third-order valence-electron chi connectivity index (χ3n) is 4.36. The van der Waals surface area contributed by atoms with Crippen LogP contribution < -0.4 is 0 Å². The van der Waals surface area contributed by atoms with Gasteiger partial charge in [-0.2, -0.15) is 0 Å². The lowest BCUT2D eigenvalue weighted by molar-refractivity contribution is 0.0917. The molecule has 1 aromatic carbocycles. The first kappa shape index (κ1) is 11.9. The van der Waals surface area contributed by atoms with Gasteiger partial charge in [0.25, 0.3) is 0 Å². The van der Waals surface area contributed by atoms with E-state index < -0.39 is 0 Å². The van der Waals surface area contributed by atoms with E-state index in [1.54, 1.807) is 0 Å². The molecule has 1 fully saturated rings. The minimum atomic E-state index is 0.240. The van der Waals surface area contributed by atoms with Crippen LogP contribution in [0.15, 0.2) is 24.3 Å². The number of likely N-dealkylation sites (tertiary alicyclic amines) is 1. The fourth-order valence-electron chi connectivity index (χ4n) is 3.27. The Morgan fingerprint density at radius 3 is 2.67 bits per heavy atom. The largest absolute Gasteiger partial charge is 0.303 e. The number of ketones is 1. The fourth-order valence-corrected chi connectivity index (χ4v) is 3.27. The predicted octanol–water partition coefficient (Wildman–Crippen LogP) is 2.92. The molecule has 1 aliphatic carbocycles. The quantitative estimate of drug-likeness (QED) is 0.813. The van der Waals surface area contributed by atoms with Gasteiger partial charge in [0.15, 0.2) is 5.78 Å². The average Bonchev–Trinajstić information content (AvgIpc) is 2.75. The highest BCUT2D eigenvalue weighted by molar-refractivity contribution is 6.02. The third kappa shape index (κ3) is 2.35. The molecule has 0 amide bonds. The summed E-state index contributed by atoms with van der Waals surface area (Å²) >= 11 is 0. The predicted molar refractivity (Wildman–Crippen MR) is 72.9 cm³/mol. The highest BCUT2D eigenvalue weighted by Gasteiger charge is 2.29. The first-order valence-electron chi connectivity index (χ1n) is 7.19. The van der Waals surface area contributed by atoms with E-state index in [0.717, 1.165) is 24.9 Å². The van der Waals surface area contributed by atoms with Crippen LogP contribution in [0.2, 0.25) is 0 Å². The summed E-state index contributed by atoms with van der Waals surface area (Å²) in [4.78, 5) is 14.8. The van der Waals surface area contributed by atoms with Crippen LogP contribution in [0.25, 0.3) is 0 Å². The Bertz CT molecular complexity index is 434. The third-order valence-corrected chi connectivity index (χ3v) is 4.36. The Labute approximate surface area is 109 Å². The van der Waals surface area contributed by atoms with Crippen molar-refractivity contribution in [1.29, 1.82) is 0 Å². The van der Waals surface area contributed by atoms with Gasteiger partial charge in [-0.1, -0.05) is 30.7 Å². The van der Waals surface area contributed by atoms with Gasteiger partial charge in [-0.3, -0.25) is 4.79 Å². The summed E-state index contributed by atoms with van der Waals surface area (Å²) in [6.45, 7) is 3.56. The average molecular weight is 243 g/mol. The maximum absolute atomic E-state index is 12.3. The summed E-state index contributed by atoms with van der Waals surface area (Å²) in [6, 6.07) is 8.11. The monoisotopic (exact) mass is 243 g/mol. The van der Waals surface area contributed by atoms with Gasteiger partial charge in [-0.15, -0.1) is 0 Å². The molecular weight excluding hydrogens is 222 g/mol. The van der Waals surface area contributed by atoms with E-state index in [-0.39, 0.29) is 5.92 Å². The van der Waals surface area contributed by atoms with Crippen molar-refractivity contribution in [2.24, 2.45) is 5.92 Å². The molecule has 1 aliphatic heterocycles. The summed E-state index contributed by atoms with van der Waals surface area (Å²) in [6.07, 6.45) is 6.04. The number of benzene rings is 1. The molecule has 1 heterocycles. The second kappa shape index (κ2) is 5.23. The first-order valence-corrected chi connectivity index (χ1v) is 7.19. The zero-order chi connectivity index (χ0) is 12.4. The molecule has 2 heteroatoms. The van der Waals surface area contributed by atoms with E-state index in [0.29, 0.717) is 5.78 Å². The number of hydrogen-bond donors (Lipinski definition) is 0. The molecule has 2 nitrogen and oxygen atoms in total. The van der Waals surface area contributed by atoms with Gasteiger partial charge < -0.3 is 4.90 Å². The molecule has 1 aromatic rings. The fraction of sp³-hybridized carbons (Fsp3) is 0.562. The lowest BCUT2D eigenvalue weighted by Crippen LogP contribution is -2.32. The van der Waals surface area contributed by atoms with Gasteiger partial charge in [0.2, 0.25) is 0 Å². The van der Waals surface area contributed by atoms with Crippen molar-refractivity contribution >= 4 is 5.78 Å². The van der Waals surface area contributed by atoms with Crippen LogP contribution in [0.4, 0.5) is 0 Å². The molecule has 18 heavy (non-hydrogen) atoms. The van der Waals surface area contributed by atoms with E-state index in [1.807, 2.05) is 18.2 Å². The number of piperidine rings is 1. The summed E-state index contributed by atoms with van der Waals surface area (Å²) in [5, 5.41) is 0. The molecule has 96 valence electrons. The Kier molecular flexibility index (Phi) is 3.46. The van der Waals surface area contributed by atoms with Crippen molar-refractivity contribution < 1.29 is 4.79 Å². The van der Waals surface area contributed by atoms with Crippen LogP contribution in [0.3, 0.4) is 0 Å². The molecule has 0 aromatic heterocycles. The van der Waals surface area contributed by atoms with Crippen molar-refractivity contribution in [2.45, 2.75) is 32.1 Å². The minimum absolute atomic E-state index is 0.240. The smallest absolute Gasteiger partial charge is 0.166 e. The Morgan fingerprint density at radius 1 is 1.11 bits per heavy atom. The molecule has 0 saturated carbocycles. The van der Waals surface area contributed by atoms with Gasteiger partial charge in [0.05, 0.1) is 0 Å². The lowest BCUT2D eigenvalue weighted by Gasteiger charge is -2.27. The number of carbonyl (C=O) groups excluding carboxylic acids is 1. The van der Waals surface area contributed by atoms with Gasteiger partial charge >= 0.3 is 0 Å². The van der Waals surface area contributed by atoms with Crippen molar-refractivity contribution in [3.05, 3.63) is 35.4 Å². The molecule has 0 radical (unpaired) electrons. The van der Waals surface area contributed by atoms with E-state index in [2.05, 4.69) is 11.0 Å². The summed E-state index contributed by atoms with van der Waals surface area (Å²) in [7, 11) is 0. The van der Waals surface area contributed by atoms with Gasteiger partial charge in [0.1, 0.15) is 0 Å². The van der Waals surface area contributed by atoms with Crippen LogP contribution in [0.1, 0.15) is 41.6 Å². The molecule has 2 aliphatic rings. The van der Waals surface area contributed by atoms with Crippen molar-refractivity contribution in [1.82, 2.24) is 4.90 Å². The van der Waals surface area contributed by atoms with Crippen LogP contribution in [-0.2, 0) is 6.42 Å². The van der Waals surface area contributed by atoms with Gasteiger partial charge in [0, 0.05) is 11.5 Å². The maximum atomic E-state index is 12.3. The van der Waals surface area contributed by atoms with E-state index in [9.17, 15) is 4.79 Å². The van der Waals surface area contributed by atoms with E-state index >= 15 is 0 Å². The summed E-state index contributed by atoms with van der Waals surface area (Å²) < 4.78 is 0. The van der Waals surface area contributed by atoms with E-state index in [1.165, 1.54) is 37.9 Å². The Hall–Kier alpha value is -1.15. The van der Waals surface area contributed by atoms with Crippen molar-refractivity contribution in [2.75, 3.05) is 19.6 Å². The SMILES string of the molecule is O=C1c2ccccc2C[C@@H]1CCN1CCCCC1. The minimum Gasteiger partial charge on any atom is -0.303 e. The zero-order valence-corrected chi connectivity index (χ0v) is 10.9. The second-order valence-corrected chi connectivity index (χ2v) is 5.61. The van der Waals surface area contributed by atoms with E-state index in [4.69, 9.17) is 0 Å². The van der Waals surface area contributed by atoms with Crippen LogP contribution >= 0.6 is 0 Å². The number of carbonyl (C=O) groups is 1. The topological polar surface area (TPSA) is 20.3 Å². The van der Waals surface area contributed by atoms with Gasteiger partial charge in [-0.25, -0.2) is 0 Å². The second-order valence-electron chi connectivity index (χ2n) is 5.61. The molecule has 1 saturated heterocycles.